The Morgan fingerprint density at radius 3 is 1.00 bits per heavy atom. The second-order valence-corrected chi connectivity index (χ2v) is 0. The van der Waals surface area contributed by atoms with Crippen molar-refractivity contribution >= 4 is 17.4 Å². The number of hydrogen-bond donors (Lipinski definition) is 0. The quantitative estimate of drug-likeness (QED) is 0.477. The van der Waals surface area contributed by atoms with Crippen molar-refractivity contribution in [3.63, 3.8) is 0 Å². The molecule has 0 fully saturated rings. The average molecular weight is 255 g/mol. The van der Waals surface area contributed by atoms with Crippen molar-refractivity contribution in [3.05, 3.63) is 0 Å². The van der Waals surface area contributed by atoms with Crippen LogP contribution in [0.25, 0.3) is 0 Å². The van der Waals surface area contributed by atoms with Gasteiger partial charge in [0, 0.05) is 72.6 Å². The molecule has 0 unspecified atom stereocenters. The van der Waals surface area contributed by atoms with Gasteiger partial charge in [-0.15, -0.1) is 0 Å². The monoisotopic (exact) mass is 255 g/mol. The van der Waals surface area contributed by atoms with Crippen LogP contribution < -0.4 is 0 Å². The number of rotatable bonds is 0. The Balaban J connectivity index is 0. The van der Waals surface area contributed by atoms with E-state index in [0.29, 0.717) is 0 Å². The van der Waals surface area contributed by atoms with Gasteiger partial charge >= 0.3 is 0 Å². The van der Waals surface area contributed by atoms with Crippen LogP contribution in [0.15, 0.2) is 0 Å². The van der Waals surface area contributed by atoms with E-state index in [1.165, 1.54) is 0 Å². The second kappa shape index (κ2) is 29.2. The summed E-state index contributed by atoms with van der Waals surface area (Å²) in [6, 6.07) is 0. The summed E-state index contributed by atoms with van der Waals surface area (Å²) in [5.41, 5.74) is 0. The fourth-order valence-electron chi connectivity index (χ4n) is 0. The van der Waals surface area contributed by atoms with E-state index >= 15 is 0 Å². The van der Waals surface area contributed by atoms with Crippen molar-refractivity contribution < 1.29 is 72.6 Å². The van der Waals surface area contributed by atoms with Gasteiger partial charge < -0.3 is 0 Å². The van der Waals surface area contributed by atoms with Crippen LogP contribution in [0, 0.1) is 0 Å². The molecule has 0 spiro atoms. The Labute approximate surface area is 88.8 Å². The zero-order valence-corrected chi connectivity index (χ0v) is 6.24. The molecular weight excluding hydrogens is 252 g/mol. The van der Waals surface area contributed by atoms with E-state index in [0.717, 1.165) is 0 Å². The first-order chi connectivity index (χ1) is 0. The third-order valence-electron chi connectivity index (χ3n) is 0. The van der Waals surface area contributed by atoms with Crippen LogP contribution in [0.4, 0.5) is 0 Å². The summed E-state index contributed by atoms with van der Waals surface area (Å²) < 4.78 is 0. The summed E-state index contributed by atoms with van der Waals surface area (Å²) in [5, 5.41) is 0. The Morgan fingerprint density at radius 1 is 1.00 bits per heavy atom. The largest absolute Gasteiger partial charge is 0.187 e. The SMILES string of the molecule is [AlH3].[Co].[Cu].[Mn].[Ti]. The molecule has 5 heavy (non-hydrogen) atoms. The molecule has 37 valence electrons. The van der Waals surface area contributed by atoms with Crippen molar-refractivity contribution in [3.8, 4) is 0 Å². The smallest absolute Gasteiger partial charge is 0 e. The van der Waals surface area contributed by atoms with E-state index in [2.05, 4.69) is 0 Å². The summed E-state index contributed by atoms with van der Waals surface area (Å²) in [6.45, 7) is 0. The van der Waals surface area contributed by atoms with Crippen molar-refractivity contribution in [2.24, 2.45) is 0 Å². The van der Waals surface area contributed by atoms with Crippen molar-refractivity contribution in [2.45, 2.75) is 0 Å². The minimum atomic E-state index is 0. The molecule has 0 aromatic heterocycles. The van der Waals surface area contributed by atoms with Gasteiger partial charge in [0.1, 0.15) is 0 Å². The Morgan fingerprint density at radius 2 is 1.00 bits per heavy atom. The van der Waals surface area contributed by atoms with Gasteiger partial charge in [0.05, 0.1) is 0 Å². The summed E-state index contributed by atoms with van der Waals surface area (Å²) in [7, 11) is 0. The van der Waals surface area contributed by atoms with Crippen LogP contribution in [0.5, 0.6) is 0 Å². The van der Waals surface area contributed by atoms with Crippen LogP contribution in [0.3, 0.4) is 0 Å². The van der Waals surface area contributed by atoms with E-state index in [1.807, 2.05) is 0 Å². The van der Waals surface area contributed by atoms with Gasteiger partial charge in [0.25, 0.3) is 0 Å². The van der Waals surface area contributed by atoms with Crippen LogP contribution in [-0.2, 0) is 72.6 Å². The van der Waals surface area contributed by atoms with Crippen LogP contribution in [0.2, 0.25) is 0 Å². The second-order valence-electron chi connectivity index (χ2n) is 0. The minimum absolute atomic E-state index is 0. The van der Waals surface area contributed by atoms with Gasteiger partial charge in [-0.25, -0.2) is 0 Å². The predicted octanol–water partition coefficient (Wildman–Crippen LogP) is -1.19. The molecule has 0 aliphatic carbocycles. The topological polar surface area (TPSA) is 0 Å². The van der Waals surface area contributed by atoms with E-state index in [1.54, 1.807) is 0 Å². The Hall–Kier alpha value is 2.79. The zero-order valence-electron chi connectivity index (χ0n) is 1.51. The van der Waals surface area contributed by atoms with E-state index in [9.17, 15) is 0 Å². The molecule has 0 saturated heterocycles. The maximum Gasteiger partial charge on any atom is 0.187 e. The molecule has 0 heterocycles. The fraction of sp³-hybridized carbons (Fsp3) is 0. The fourth-order valence-corrected chi connectivity index (χ4v) is 0. The molecule has 0 nitrogen and oxygen atoms in total. The molecule has 0 bridgehead atoms. The van der Waals surface area contributed by atoms with Crippen LogP contribution in [-0.4, -0.2) is 17.4 Å². The van der Waals surface area contributed by atoms with Crippen molar-refractivity contribution in [2.75, 3.05) is 0 Å². The molecule has 0 aromatic rings. The normalized spacial score (nSPS) is 0. The molecule has 0 aliphatic rings. The van der Waals surface area contributed by atoms with Gasteiger partial charge in [-0.1, -0.05) is 0 Å². The maximum atomic E-state index is 0. The average Bonchev–Trinajstić information content (AvgIpc) is 0. The third-order valence-corrected chi connectivity index (χ3v) is 0. The molecule has 0 atom stereocenters. The predicted molar refractivity (Wildman–Crippen MR) is 9.94 cm³/mol. The van der Waals surface area contributed by atoms with E-state index in [4.69, 9.17) is 0 Å². The molecule has 0 N–H and O–H groups in total. The Kier molecular flexibility index (Phi) is 270. The van der Waals surface area contributed by atoms with E-state index in [-0.39, 0.29) is 90.0 Å². The summed E-state index contributed by atoms with van der Waals surface area (Å²) in [5.74, 6) is 0. The summed E-state index contributed by atoms with van der Waals surface area (Å²) in [4.78, 5) is 0. The van der Waals surface area contributed by atoms with E-state index < -0.39 is 0 Å². The molecule has 5 heteroatoms. The summed E-state index contributed by atoms with van der Waals surface area (Å²) in [6.07, 6.45) is 0. The first-order valence-electron chi connectivity index (χ1n) is 0. The van der Waals surface area contributed by atoms with Gasteiger partial charge in [0.15, 0.2) is 17.4 Å². The molecule has 0 rings (SSSR count). The van der Waals surface area contributed by atoms with Gasteiger partial charge in [-0.3, -0.25) is 0 Å². The molecule has 0 amide bonds. The molecule has 0 saturated carbocycles. The minimum Gasteiger partial charge on any atom is 0 e. The van der Waals surface area contributed by atoms with Crippen LogP contribution >= 0.6 is 0 Å². The van der Waals surface area contributed by atoms with Gasteiger partial charge in [-0.2, -0.15) is 0 Å². The molecule has 3 radical (unpaired) electrons. The number of hydrogen-bond acceptors (Lipinski definition) is 0. The van der Waals surface area contributed by atoms with Crippen molar-refractivity contribution in [1.82, 2.24) is 0 Å². The Bertz CT molecular complexity index is 11.6. The molecule has 0 aromatic carbocycles. The molecule has 0 aliphatic heterocycles. The van der Waals surface area contributed by atoms with Gasteiger partial charge in [0.2, 0.25) is 0 Å². The van der Waals surface area contributed by atoms with Crippen LogP contribution in [0.1, 0.15) is 0 Å². The van der Waals surface area contributed by atoms with Gasteiger partial charge in [-0.05, 0) is 0 Å². The third kappa shape index (κ3) is 20.0. The standard InChI is InChI=1S/Al.Co.Cu.Mn.Ti.3H. The molecular formula is H3AlCoCuMnTi. The summed E-state index contributed by atoms with van der Waals surface area (Å²) >= 11 is 0. The van der Waals surface area contributed by atoms with Crippen molar-refractivity contribution in [1.29, 1.82) is 0 Å². The first-order valence-corrected chi connectivity index (χ1v) is 0. The first kappa shape index (κ1) is 46.1. The zero-order chi connectivity index (χ0) is 0. The maximum absolute atomic E-state index is 0.